The van der Waals surface area contributed by atoms with E-state index in [-0.39, 0.29) is 0 Å². The van der Waals surface area contributed by atoms with E-state index in [9.17, 15) is 22.0 Å². The lowest BCUT2D eigenvalue weighted by Crippen LogP contribution is -2.04. The van der Waals surface area contributed by atoms with Crippen LogP contribution < -0.4 is 0 Å². The van der Waals surface area contributed by atoms with Gasteiger partial charge in [0.2, 0.25) is 5.82 Å². The maximum absolute atomic E-state index is 14.1. The van der Waals surface area contributed by atoms with Gasteiger partial charge in [-0.2, -0.15) is 0 Å². The Balaban J connectivity index is 2.32. The van der Waals surface area contributed by atoms with E-state index in [0.29, 0.717) is 23.1 Å². The Hall–Kier alpha value is -4.87. The van der Waals surface area contributed by atoms with Gasteiger partial charge in [-0.05, 0) is 75.5 Å². The van der Waals surface area contributed by atoms with Crippen molar-refractivity contribution in [3.05, 3.63) is 165 Å². The highest BCUT2D eigenvalue weighted by Gasteiger charge is 2.24. The van der Waals surface area contributed by atoms with Crippen LogP contribution in [0, 0.1) is 52.8 Å². The first kappa shape index (κ1) is 34.3. The Morgan fingerprint density at radius 2 is 1.23 bits per heavy atom. The highest BCUT2D eigenvalue weighted by atomic mass is 19.2. The Bertz CT molecular complexity index is 1650. The average Bonchev–Trinajstić information content (AvgIpc) is 2.99. The van der Waals surface area contributed by atoms with Crippen LogP contribution in [0.5, 0.6) is 0 Å². The summed E-state index contributed by atoms with van der Waals surface area (Å²) in [6.07, 6.45) is 17.2. The molecule has 0 saturated heterocycles. The van der Waals surface area contributed by atoms with Crippen LogP contribution >= 0.6 is 0 Å². The van der Waals surface area contributed by atoms with E-state index in [1.165, 1.54) is 0 Å². The zero-order chi connectivity index (χ0) is 31.9. The molecule has 43 heavy (non-hydrogen) atoms. The molecule has 2 rings (SSSR count). The quantitative estimate of drug-likeness (QED) is 0.0952. The monoisotopic (exact) mass is 584 g/mol. The SMILES string of the molecule is C=C/C=C(C)/C(C#Cc1ccccc1)=C(C)/C=C\C/C=C/C=C(C)/C(C#Cc1c(F)c(F)c(F)c(F)c1F)=C(C)/C=C\C. The second-order valence-electron chi connectivity index (χ2n) is 9.43. The predicted octanol–water partition coefficient (Wildman–Crippen LogP) is 10.6. The number of hydrogen-bond acceptors (Lipinski definition) is 0. The molecule has 0 N–H and O–H groups in total. The number of rotatable bonds is 8. The molecule has 0 atom stereocenters. The van der Waals surface area contributed by atoms with Crippen LogP contribution in [0.4, 0.5) is 22.0 Å². The highest BCUT2D eigenvalue weighted by molar-refractivity contribution is 5.55. The molecule has 0 amide bonds. The van der Waals surface area contributed by atoms with Gasteiger partial charge in [-0.1, -0.05) is 103 Å². The van der Waals surface area contributed by atoms with E-state index in [4.69, 9.17) is 0 Å². The summed E-state index contributed by atoms with van der Waals surface area (Å²) >= 11 is 0. The van der Waals surface area contributed by atoms with Gasteiger partial charge in [0.05, 0.1) is 0 Å². The molecule has 0 aliphatic rings. The Morgan fingerprint density at radius 1 is 0.698 bits per heavy atom. The highest BCUT2D eigenvalue weighted by Crippen LogP contribution is 2.23. The number of halogens is 5. The summed E-state index contributed by atoms with van der Waals surface area (Å²) in [4.78, 5) is 0. The van der Waals surface area contributed by atoms with E-state index in [2.05, 4.69) is 30.3 Å². The van der Waals surface area contributed by atoms with E-state index >= 15 is 0 Å². The van der Waals surface area contributed by atoms with Crippen molar-refractivity contribution < 1.29 is 22.0 Å². The van der Waals surface area contributed by atoms with Gasteiger partial charge >= 0.3 is 0 Å². The lowest BCUT2D eigenvalue weighted by atomic mass is 10.0. The van der Waals surface area contributed by atoms with Crippen molar-refractivity contribution in [2.24, 2.45) is 0 Å². The summed E-state index contributed by atoms with van der Waals surface area (Å²) in [6, 6.07) is 9.73. The minimum Gasteiger partial charge on any atom is -0.202 e. The molecule has 0 aromatic heterocycles. The maximum atomic E-state index is 14.1. The van der Waals surface area contributed by atoms with E-state index < -0.39 is 34.6 Å². The third kappa shape index (κ3) is 9.87. The van der Waals surface area contributed by atoms with Gasteiger partial charge in [-0.25, -0.2) is 22.0 Å². The summed E-state index contributed by atoms with van der Waals surface area (Å²) < 4.78 is 68.9. The van der Waals surface area contributed by atoms with Crippen LogP contribution in [-0.4, -0.2) is 0 Å². The second-order valence-corrected chi connectivity index (χ2v) is 9.43. The molecule has 0 unspecified atom stereocenters. The average molecular weight is 585 g/mol. The van der Waals surface area contributed by atoms with Crippen LogP contribution in [0.3, 0.4) is 0 Å². The molecule has 0 radical (unpaired) electrons. The van der Waals surface area contributed by atoms with E-state index in [0.717, 1.165) is 22.3 Å². The summed E-state index contributed by atoms with van der Waals surface area (Å²) in [6.45, 7) is 13.0. The molecular weight excluding hydrogens is 551 g/mol. The molecule has 0 saturated carbocycles. The van der Waals surface area contributed by atoms with Crippen molar-refractivity contribution in [2.45, 2.75) is 41.0 Å². The lowest BCUT2D eigenvalue weighted by molar-refractivity contribution is 0.376. The number of benzene rings is 2. The fraction of sp³-hybridized carbons (Fsp3) is 0.158. The van der Waals surface area contributed by atoms with Crippen molar-refractivity contribution in [3.8, 4) is 23.7 Å². The predicted molar refractivity (Wildman–Crippen MR) is 167 cm³/mol. The topological polar surface area (TPSA) is 0 Å². The summed E-state index contributed by atoms with van der Waals surface area (Å²) in [5, 5.41) is 0. The first-order valence-corrected chi connectivity index (χ1v) is 13.5. The standard InChI is InChI=1S/C38H33F5/c1-7-16-26(3)31(23-22-30-20-14-11-15-21-30)28(5)18-12-9-10-13-19-29(6)32(27(4)17-8-2)24-25-33-34(39)36(41)38(43)37(42)35(33)40/h7-8,10-21H,1,9H2,2-6H3/b13-10+,17-8-,18-12-,26-16+,29-19+,31-28+,32-27+. The van der Waals surface area contributed by atoms with E-state index in [1.54, 1.807) is 51.2 Å². The molecule has 0 bridgehead atoms. The smallest absolute Gasteiger partial charge is 0.200 e. The van der Waals surface area contributed by atoms with Crippen LogP contribution in [0.2, 0.25) is 0 Å². The minimum absolute atomic E-state index is 0.395. The molecule has 2 aromatic rings. The normalized spacial score (nSPS) is 13.4. The summed E-state index contributed by atoms with van der Waals surface area (Å²) in [5.41, 5.74) is 4.34. The molecule has 5 heteroatoms. The number of hydrogen-bond donors (Lipinski definition) is 0. The maximum Gasteiger partial charge on any atom is 0.200 e. The van der Waals surface area contributed by atoms with Crippen molar-refractivity contribution >= 4 is 0 Å². The first-order valence-electron chi connectivity index (χ1n) is 13.5. The van der Waals surface area contributed by atoms with Gasteiger partial charge in [0.15, 0.2) is 23.3 Å². The lowest BCUT2D eigenvalue weighted by Gasteiger charge is -2.05. The van der Waals surface area contributed by atoms with Gasteiger partial charge < -0.3 is 0 Å². The second kappa shape index (κ2) is 17.2. The fourth-order valence-electron chi connectivity index (χ4n) is 3.89. The molecule has 0 nitrogen and oxygen atoms in total. The molecular formula is C38H33F5. The fourth-order valence-corrected chi connectivity index (χ4v) is 3.89. The van der Waals surface area contributed by atoms with Crippen molar-refractivity contribution in [3.63, 3.8) is 0 Å². The Morgan fingerprint density at radius 3 is 1.81 bits per heavy atom. The zero-order valence-electron chi connectivity index (χ0n) is 24.9. The third-order valence-electron chi connectivity index (χ3n) is 6.11. The summed E-state index contributed by atoms with van der Waals surface area (Å²) in [5.74, 6) is 0.985. The zero-order valence-corrected chi connectivity index (χ0v) is 24.9. The molecule has 2 aromatic carbocycles. The van der Waals surface area contributed by atoms with Crippen molar-refractivity contribution in [2.75, 3.05) is 0 Å². The Kier molecular flexibility index (Phi) is 13.7. The molecule has 220 valence electrons. The minimum atomic E-state index is -2.22. The van der Waals surface area contributed by atoms with Crippen LogP contribution in [0.25, 0.3) is 0 Å². The Labute approximate surface area is 251 Å². The van der Waals surface area contributed by atoms with Gasteiger partial charge in [0.25, 0.3) is 0 Å². The van der Waals surface area contributed by atoms with Crippen LogP contribution in [0.1, 0.15) is 52.2 Å². The van der Waals surface area contributed by atoms with Gasteiger partial charge in [-0.3, -0.25) is 0 Å². The largest absolute Gasteiger partial charge is 0.202 e. The molecule has 0 fully saturated rings. The van der Waals surface area contributed by atoms with E-state index in [1.807, 2.05) is 68.5 Å². The molecule has 0 heterocycles. The van der Waals surface area contributed by atoms with Gasteiger partial charge in [0.1, 0.15) is 5.56 Å². The third-order valence-corrected chi connectivity index (χ3v) is 6.11. The van der Waals surface area contributed by atoms with Gasteiger partial charge in [0, 0.05) is 16.7 Å². The summed E-state index contributed by atoms with van der Waals surface area (Å²) in [7, 11) is 0. The van der Waals surface area contributed by atoms with Crippen LogP contribution in [-0.2, 0) is 0 Å². The van der Waals surface area contributed by atoms with Crippen molar-refractivity contribution in [1.29, 1.82) is 0 Å². The van der Waals surface area contributed by atoms with Gasteiger partial charge in [-0.15, -0.1) is 0 Å². The molecule has 0 aliphatic carbocycles. The van der Waals surface area contributed by atoms with Crippen molar-refractivity contribution in [1.82, 2.24) is 0 Å². The molecule has 0 spiro atoms. The first-order chi connectivity index (χ1) is 20.5. The molecule has 0 aliphatic heterocycles. The number of allylic oxidation sites excluding steroid dienone is 15. The van der Waals surface area contributed by atoms with Crippen LogP contribution in [0.15, 0.2) is 125 Å².